The van der Waals surface area contributed by atoms with Crippen molar-refractivity contribution >= 4 is 5.91 Å². The maximum absolute atomic E-state index is 13.2. The third kappa shape index (κ3) is 3.24. The molecule has 2 fully saturated rings. The number of amides is 1. The first-order valence-electron chi connectivity index (χ1n) is 9.65. The van der Waals surface area contributed by atoms with Crippen LogP contribution in [0.15, 0.2) is 4.79 Å². The highest BCUT2D eigenvalue weighted by atomic mass is 16.2. The lowest BCUT2D eigenvalue weighted by Crippen LogP contribution is -2.45. The maximum Gasteiger partial charge on any atom is 0.277 e. The minimum Gasteiger partial charge on any atom is -0.337 e. The van der Waals surface area contributed by atoms with Crippen molar-refractivity contribution in [2.45, 2.75) is 77.9 Å². The molecule has 2 bridgehead atoms. The number of hydrogen-bond acceptors (Lipinski definition) is 4. The summed E-state index contributed by atoms with van der Waals surface area (Å²) in [6.45, 7) is 9.91. The van der Waals surface area contributed by atoms with Crippen LogP contribution in [0.3, 0.4) is 0 Å². The summed E-state index contributed by atoms with van der Waals surface area (Å²) in [6, 6.07) is 1.47. The molecule has 1 N–H and O–H groups in total. The van der Waals surface area contributed by atoms with Gasteiger partial charge in [0.1, 0.15) is 5.56 Å². The number of fused-ring (bicyclic) bond motifs is 2. The zero-order valence-electron chi connectivity index (χ0n) is 15.8. The van der Waals surface area contributed by atoms with Gasteiger partial charge in [0.25, 0.3) is 11.5 Å². The molecule has 2 aliphatic rings. The number of carbonyl (C=O) groups is 1. The average Bonchev–Trinajstić information content (AvgIpc) is 2.88. The van der Waals surface area contributed by atoms with E-state index >= 15 is 0 Å². The van der Waals surface area contributed by atoms with E-state index in [1.807, 2.05) is 18.7 Å². The van der Waals surface area contributed by atoms with Crippen LogP contribution in [-0.2, 0) is 12.8 Å². The fourth-order valence-corrected chi connectivity index (χ4v) is 4.72. The van der Waals surface area contributed by atoms with Gasteiger partial charge in [-0.3, -0.25) is 14.5 Å². The molecule has 3 heterocycles. The molecule has 138 valence electrons. The summed E-state index contributed by atoms with van der Waals surface area (Å²) in [4.78, 5) is 30.1. The molecule has 1 aromatic heterocycles. The van der Waals surface area contributed by atoms with E-state index in [9.17, 15) is 9.59 Å². The van der Waals surface area contributed by atoms with Gasteiger partial charge in [-0.1, -0.05) is 13.8 Å². The van der Waals surface area contributed by atoms with E-state index in [0.29, 0.717) is 36.5 Å². The Hall–Kier alpha value is -1.69. The molecule has 2 aliphatic heterocycles. The molecule has 25 heavy (non-hydrogen) atoms. The molecular weight excluding hydrogens is 316 g/mol. The first kappa shape index (κ1) is 18.1. The van der Waals surface area contributed by atoms with Crippen molar-refractivity contribution in [1.82, 2.24) is 20.0 Å². The van der Waals surface area contributed by atoms with Gasteiger partial charge >= 0.3 is 0 Å². The second-order valence-corrected chi connectivity index (χ2v) is 7.53. The fourth-order valence-electron chi connectivity index (χ4n) is 4.72. The molecule has 1 aromatic rings. The van der Waals surface area contributed by atoms with Crippen molar-refractivity contribution in [2.75, 3.05) is 13.1 Å². The summed E-state index contributed by atoms with van der Waals surface area (Å²) < 4.78 is 0. The van der Waals surface area contributed by atoms with Crippen molar-refractivity contribution in [2.24, 2.45) is 0 Å². The summed E-state index contributed by atoms with van der Waals surface area (Å²) in [5.41, 5.74) is 1.59. The zero-order chi connectivity index (χ0) is 18.1. The molecule has 6 heteroatoms. The summed E-state index contributed by atoms with van der Waals surface area (Å²) in [6.07, 6.45) is 4.72. The van der Waals surface area contributed by atoms with Crippen LogP contribution in [0.5, 0.6) is 0 Å². The number of aromatic nitrogens is 2. The molecule has 0 radical (unpaired) electrons. The van der Waals surface area contributed by atoms with Crippen molar-refractivity contribution in [3.8, 4) is 0 Å². The average molecular weight is 346 g/mol. The Morgan fingerprint density at radius 1 is 1.20 bits per heavy atom. The number of H-pyrrole nitrogens is 1. The highest BCUT2D eigenvalue weighted by Crippen LogP contribution is 2.32. The molecule has 0 spiro atoms. The molecule has 2 atom stereocenters. The normalized spacial score (nSPS) is 24.0. The minimum atomic E-state index is -0.353. The lowest BCUT2D eigenvalue weighted by Gasteiger charge is -2.32. The quantitative estimate of drug-likeness (QED) is 0.905. The van der Waals surface area contributed by atoms with Gasteiger partial charge in [-0.05, 0) is 51.5 Å². The summed E-state index contributed by atoms with van der Waals surface area (Å²) in [7, 11) is 0. The van der Waals surface area contributed by atoms with Crippen LogP contribution in [0, 0.1) is 0 Å². The topological polar surface area (TPSA) is 69.3 Å². The Labute approximate surface area is 149 Å². The van der Waals surface area contributed by atoms with E-state index in [0.717, 1.165) is 37.2 Å². The van der Waals surface area contributed by atoms with Crippen molar-refractivity contribution < 1.29 is 4.79 Å². The van der Waals surface area contributed by atoms with Gasteiger partial charge < -0.3 is 4.90 Å². The number of rotatable bonds is 4. The third-order valence-corrected chi connectivity index (χ3v) is 5.80. The van der Waals surface area contributed by atoms with Crippen molar-refractivity contribution in [3.05, 3.63) is 27.2 Å². The lowest BCUT2D eigenvalue weighted by atomic mass is 10.0. The SMILES string of the molecule is CCc1n[nH]c(=O)c(C(=O)N2CC[C@H]3CC[C@@H](C2)N3C(C)C)c1CC. The maximum atomic E-state index is 13.2. The Balaban J connectivity index is 1.91. The molecule has 0 aromatic carbocycles. The van der Waals surface area contributed by atoms with Gasteiger partial charge in [0.15, 0.2) is 0 Å². The predicted molar refractivity (Wildman–Crippen MR) is 97.9 cm³/mol. The number of nitrogens with zero attached hydrogens (tertiary/aromatic N) is 3. The van der Waals surface area contributed by atoms with Crippen LogP contribution in [-0.4, -0.2) is 57.1 Å². The van der Waals surface area contributed by atoms with Crippen molar-refractivity contribution in [1.29, 1.82) is 0 Å². The summed E-state index contributed by atoms with van der Waals surface area (Å²) in [5.74, 6) is -0.119. The molecule has 3 rings (SSSR count). The predicted octanol–water partition coefficient (Wildman–Crippen LogP) is 1.98. The zero-order valence-corrected chi connectivity index (χ0v) is 15.8. The van der Waals surface area contributed by atoms with E-state index in [1.165, 1.54) is 6.42 Å². The molecule has 0 saturated carbocycles. The lowest BCUT2D eigenvalue weighted by molar-refractivity contribution is 0.0725. The van der Waals surface area contributed by atoms with Crippen LogP contribution in [0.2, 0.25) is 0 Å². The molecular formula is C19H30N4O2. The molecule has 6 nitrogen and oxygen atoms in total. The first-order valence-corrected chi connectivity index (χ1v) is 9.65. The van der Waals surface area contributed by atoms with Crippen LogP contribution in [0.1, 0.15) is 68.6 Å². The minimum absolute atomic E-state index is 0.119. The number of aryl methyl sites for hydroxylation is 1. The number of carbonyl (C=O) groups excluding carboxylic acids is 1. The highest BCUT2D eigenvalue weighted by molar-refractivity contribution is 5.95. The first-order chi connectivity index (χ1) is 12.0. The second kappa shape index (κ2) is 7.28. The summed E-state index contributed by atoms with van der Waals surface area (Å²) in [5, 5.41) is 6.66. The fraction of sp³-hybridized carbons (Fsp3) is 0.737. The molecule has 1 amide bonds. The number of nitrogens with one attached hydrogen (secondary N) is 1. The van der Waals surface area contributed by atoms with Crippen LogP contribution in [0.4, 0.5) is 0 Å². The number of hydrogen-bond donors (Lipinski definition) is 1. The van der Waals surface area contributed by atoms with Gasteiger partial charge in [-0.25, -0.2) is 5.10 Å². The highest BCUT2D eigenvalue weighted by Gasteiger charge is 2.40. The van der Waals surface area contributed by atoms with Gasteiger partial charge in [0, 0.05) is 31.2 Å². The molecule has 0 unspecified atom stereocenters. The van der Waals surface area contributed by atoms with E-state index in [-0.39, 0.29) is 11.5 Å². The molecule has 0 aliphatic carbocycles. The van der Waals surface area contributed by atoms with E-state index in [1.54, 1.807) is 0 Å². The smallest absolute Gasteiger partial charge is 0.277 e. The summed E-state index contributed by atoms with van der Waals surface area (Å²) >= 11 is 0. The Bertz CT molecular complexity index is 697. The van der Waals surface area contributed by atoms with E-state index < -0.39 is 0 Å². The van der Waals surface area contributed by atoms with Crippen LogP contribution >= 0.6 is 0 Å². The third-order valence-electron chi connectivity index (χ3n) is 5.80. The second-order valence-electron chi connectivity index (χ2n) is 7.53. The largest absolute Gasteiger partial charge is 0.337 e. The number of aromatic amines is 1. The Morgan fingerprint density at radius 2 is 1.92 bits per heavy atom. The Kier molecular flexibility index (Phi) is 5.27. The van der Waals surface area contributed by atoms with Crippen LogP contribution in [0.25, 0.3) is 0 Å². The number of likely N-dealkylation sites (tertiary alicyclic amines) is 1. The monoisotopic (exact) mass is 346 g/mol. The van der Waals surface area contributed by atoms with E-state index in [2.05, 4.69) is 28.9 Å². The van der Waals surface area contributed by atoms with Crippen LogP contribution < -0.4 is 5.56 Å². The molecule has 2 saturated heterocycles. The van der Waals surface area contributed by atoms with E-state index in [4.69, 9.17) is 0 Å². The van der Waals surface area contributed by atoms with Gasteiger partial charge in [0.05, 0.1) is 5.69 Å². The van der Waals surface area contributed by atoms with Crippen molar-refractivity contribution in [3.63, 3.8) is 0 Å². The Morgan fingerprint density at radius 3 is 2.56 bits per heavy atom. The van der Waals surface area contributed by atoms with Gasteiger partial charge in [0.2, 0.25) is 0 Å². The van der Waals surface area contributed by atoms with Gasteiger partial charge in [-0.2, -0.15) is 5.10 Å². The standard InChI is InChI=1S/C19H30N4O2/c1-5-15-16(6-2)20-21-18(24)17(15)19(25)22-10-9-13-7-8-14(11-22)23(13)12(3)4/h12-14H,5-11H2,1-4H3,(H,21,24)/t13-,14+/m1/s1. The van der Waals surface area contributed by atoms with Gasteiger partial charge in [-0.15, -0.1) is 0 Å².